The van der Waals surface area contributed by atoms with Crippen LogP contribution in [0.4, 0.5) is 93.4 Å². The summed E-state index contributed by atoms with van der Waals surface area (Å²) in [5.41, 5.74) is -11.1. The van der Waals surface area contributed by atoms with E-state index in [0.29, 0.717) is 76.1 Å². The van der Waals surface area contributed by atoms with Crippen molar-refractivity contribution in [1.29, 1.82) is 0 Å². The summed E-state index contributed by atoms with van der Waals surface area (Å²) in [4.78, 5) is 64.3. The van der Waals surface area contributed by atoms with Crippen molar-refractivity contribution < 1.29 is 154 Å². The van der Waals surface area contributed by atoms with Crippen LogP contribution in [0.5, 0.6) is 0 Å². The average molecular weight is 1920 g/mol. The maximum Gasteiger partial charge on any atom is 2.00 e. The van der Waals surface area contributed by atoms with Gasteiger partial charge in [-0.25, -0.2) is 14.4 Å². The van der Waals surface area contributed by atoms with Crippen LogP contribution in [-0.2, 0) is 107 Å². The molecule has 0 saturated heterocycles. The van der Waals surface area contributed by atoms with Crippen LogP contribution in [-0.4, -0.2) is 89.9 Å². The molecule has 130 heavy (non-hydrogen) atoms. The Kier molecular flexibility index (Phi) is 47.8. The zero-order valence-corrected chi connectivity index (χ0v) is 73.6. The number of halogens is 19. The van der Waals surface area contributed by atoms with Crippen molar-refractivity contribution in [1.82, 2.24) is 16.0 Å². The number of rotatable bonds is 32. The van der Waals surface area contributed by atoms with E-state index in [-0.39, 0.29) is 114 Å². The summed E-state index contributed by atoms with van der Waals surface area (Å²) in [5.74, 6) is 0. The van der Waals surface area contributed by atoms with Gasteiger partial charge in [0.2, 0.25) is 0 Å². The number of alkyl halides is 18. The van der Waals surface area contributed by atoms with E-state index in [4.69, 9.17) is 38.4 Å². The molecule has 0 saturated carbocycles. The van der Waals surface area contributed by atoms with Crippen molar-refractivity contribution in [2.24, 2.45) is 0 Å². The Bertz CT molecular complexity index is 4580. The van der Waals surface area contributed by atoms with Crippen molar-refractivity contribution in [3.63, 3.8) is 0 Å². The molecule has 0 spiro atoms. The van der Waals surface area contributed by atoms with Crippen LogP contribution >= 0.6 is 0 Å². The topological polar surface area (TPSA) is 234 Å². The fraction of sp³-hybridized carbons (Fsp3) is 0.312. The number of aliphatic hydroxyl groups is 2. The third kappa shape index (κ3) is 37.5. The fourth-order valence-electron chi connectivity index (χ4n) is 12.1. The molecule has 8 atom stereocenters. The number of nitrogens with one attached hydrogen (secondary N) is 3. The van der Waals surface area contributed by atoms with Gasteiger partial charge in [-0.1, -0.05) is 214 Å². The van der Waals surface area contributed by atoms with Gasteiger partial charge in [0.15, 0.2) is 0 Å². The molecule has 0 radical (unpaired) electrons. The number of carbonyl (C=O) groups is 4. The second-order valence-corrected chi connectivity index (χ2v) is 28.4. The van der Waals surface area contributed by atoms with Gasteiger partial charge in [0.25, 0.3) is 0 Å². The summed E-state index contributed by atoms with van der Waals surface area (Å²) in [5, 5.41) is 29.0. The van der Waals surface area contributed by atoms with Crippen molar-refractivity contribution >= 4 is 47.6 Å². The number of benzene rings is 9. The molecule has 0 heterocycles. The SMILES string of the molecule is C=C[C@@H](O)C[C@](CO[C@H](C)c1cc(C(F)(F)F)cc(C(F)(F)F)c1)(NC(=O)OCc1ccccc1)c1ccccc1.C=C[C@H](O)C[C@](CO[C@H](C)c1cc(C(F)(F)F)cc(C(F)(F)F)c1)(NC(=O)OCc1ccccc1)c1ccccc1.CCC.C[C@@H](OC[C@@](CC=O)(NC(=O)OCc1ccccc1)c1ccccc1)c1cc(C(F)(F)F)cc(C(F)(F)F)c1.O=O.[Br-].[CH-]=C.[Mg+2]. The number of hydrogen-bond donors (Lipinski definition) is 5. The van der Waals surface area contributed by atoms with Crippen molar-refractivity contribution in [3.8, 4) is 0 Å². The van der Waals surface area contributed by atoms with Crippen LogP contribution in [0.3, 0.4) is 0 Å². The Balaban J connectivity index is 0.000000632. The van der Waals surface area contributed by atoms with E-state index >= 15 is 0 Å². The number of aliphatic hydroxyl groups excluding tert-OH is 2. The minimum atomic E-state index is -5.03. The van der Waals surface area contributed by atoms with Gasteiger partial charge < -0.3 is 82.9 Å². The number of amides is 3. The molecule has 0 fully saturated rings. The quantitative estimate of drug-likeness (QED) is 0.00659. The van der Waals surface area contributed by atoms with Crippen LogP contribution < -0.4 is 32.9 Å². The van der Waals surface area contributed by atoms with E-state index in [1.165, 1.54) is 39.3 Å². The molecule has 3 amide bonds. The first kappa shape index (κ1) is 115. The Labute approximate surface area is 765 Å². The molecule has 5 N–H and O–H groups in total. The minimum absolute atomic E-state index is 0. The van der Waals surface area contributed by atoms with Crippen LogP contribution in [0.15, 0.2) is 268 Å². The maximum absolute atomic E-state index is 13.4. The summed E-state index contributed by atoms with van der Waals surface area (Å²) in [6.07, 6.45) is -35.5. The number of hydrogen-bond acceptors (Lipinski definition) is 14. The molecular formula is C93H94BrF18MgN3O14. The first-order chi connectivity index (χ1) is 60.2. The van der Waals surface area contributed by atoms with E-state index in [0.717, 1.165) is 0 Å². The molecule has 0 unspecified atom stereocenters. The van der Waals surface area contributed by atoms with Gasteiger partial charge in [-0.05, 0) is 125 Å². The maximum atomic E-state index is 13.4. The molecule has 0 aliphatic rings. The number of alkyl carbamates (subject to hydrolysis) is 3. The molecule has 37 heteroatoms. The Morgan fingerprint density at radius 2 is 0.554 bits per heavy atom. The van der Waals surface area contributed by atoms with E-state index in [1.807, 2.05) is 0 Å². The van der Waals surface area contributed by atoms with E-state index in [9.17, 15) is 108 Å². The van der Waals surface area contributed by atoms with Gasteiger partial charge in [-0.15, -0.1) is 13.2 Å². The molecule has 17 nitrogen and oxygen atoms in total. The van der Waals surface area contributed by atoms with Gasteiger partial charge in [-0.2, -0.15) is 79.0 Å². The van der Waals surface area contributed by atoms with Gasteiger partial charge in [-0.3, -0.25) is 6.58 Å². The molecule has 0 aliphatic heterocycles. The Morgan fingerprint density at radius 3 is 0.754 bits per heavy atom. The van der Waals surface area contributed by atoms with Gasteiger partial charge in [0.05, 0.1) is 100 Å². The third-order valence-electron chi connectivity index (χ3n) is 18.7. The van der Waals surface area contributed by atoms with Crippen LogP contribution in [0, 0.1) is 16.5 Å². The second kappa shape index (κ2) is 54.0. The largest absolute Gasteiger partial charge is 2.00 e. The smallest absolute Gasteiger partial charge is 1.00 e. The van der Waals surface area contributed by atoms with Crippen LogP contribution in [0.25, 0.3) is 0 Å². The molecule has 9 rings (SSSR count). The fourth-order valence-corrected chi connectivity index (χ4v) is 12.1. The standard InChI is InChI=1S/2C30H29F6NO4.C28H25F6NO4.C3H8.C2H3.BrH.Mg.O2/c2*1-3-26(38)17-28(23-12-8-5-9-13-23,37-27(39)40-18-21-10-6-4-7-11-21)19-41-20(2)22-14-24(29(31,32)33)16-25(15-22)30(34,35)36;1-19(21-14-23(27(29,30)31)16-24(15-21)28(32,33)34)39-18-26(12-13-36,22-10-6-3-7-11-22)35-25(37)38-17-20-8-4-2-5-9-20;1-3-2;1-2;;;1-2/h2*3-16,20,26,38H,1,17-19H2,2H3,(H,37,39);2-11,13-16,19H,12,17-18H2,1H3,(H,35,37);3H2,1-2H3;1H,2H2;1H;;/q;;;;-1;;+2;/p-1/t20-,26+,28-;20-,26-,28-;19-,26-;;;;;/m111...../s1. The third-order valence-corrected chi connectivity index (χ3v) is 18.7. The van der Waals surface area contributed by atoms with Crippen LogP contribution in [0.2, 0.25) is 0 Å². The number of ether oxygens (including phenoxy) is 6. The molecule has 9 aromatic rings. The predicted octanol–water partition coefficient (Wildman–Crippen LogP) is 21.0. The number of aldehydes is 1. The molecule has 9 aromatic carbocycles. The van der Waals surface area contributed by atoms with E-state index in [2.05, 4.69) is 56.1 Å². The normalized spacial score (nSPS) is 13.9. The Morgan fingerprint density at radius 1 is 0.362 bits per heavy atom. The predicted molar refractivity (Wildman–Crippen MR) is 447 cm³/mol. The molecule has 0 bridgehead atoms. The van der Waals surface area contributed by atoms with Crippen molar-refractivity contribution in [3.05, 3.63) is 368 Å². The summed E-state index contributed by atoms with van der Waals surface area (Å²) in [6, 6.07) is 54.7. The van der Waals surface area contributed by atoms with Gasteiger partial charge in [0, 0.05) is 29.2 Å². The van der Waals surface area contributed by atoms with Crippen LogP contribution in [0.1, 0.15) is 162 Å². The molecule has 0 aliphatic carbocycles. The summed E-state index contributed by atoms with van der Waals surface area (Å²) >= 11 is 0. The minimum Gasteiger partial charge on any atom is -1.00 e. The van der Waals surface area contributed by atoms with Crippen molar-refractivity contribution in [2.75, 3.05) is 19.8 Å². The molecule has 0 aromatic heterocycles. The molecular weight excluding hydrogens is 1830 g/mol. The first-order valence-corrected chi connectivity index (χ1v) is 38.7. The summed E-state index contributed by atoms with van der Waals surface area (Å²) in [6.45, 7) is 20.6. The van der Waals surface area contributed by atoms with E-state index < -0.39 is 156 Å². The monoisotopic (exact) mass is 1920 g/mol. The summed E-state index contributed by atoms with van der Waals surface area (Å²) < 4.78 is 274. The van der Waals surface area contributed by atoms with Gasteiger partial charge in [0.1, 0.15) is 26.1 Å². The second-order valence-electron chi connectivity index (χ2n) is 28.4. The number of carbonyl (C=O) groups excluding carboxylic acids is 4. The van der Waals surface area contributed by atoms with Crippen molar-refractivity contribution in [2.45, 2.75) is 164 Å². The van der Waals surface area contributed by atoms with Gasteiger partial charge >= 0.3 is 78.4 Å². The summed E-state index contributed by atoms with van der Waals surface area (Å²) in [7, 11) is 0. The zero-order chi connectivity index (χ0) is 95.9. The first-order valence-electron chi connectivity index (χ1n) is 38.7. The van der Waals surface area contributed by atoms with E-state index in [1.54, 1.807) is 182 Å². The Hall–Kier alpha value is -10.9. The zero-order valence-electron chi connectivity index (χ0n) is 70.6. The average Bonchev–Trinajstić information content (AvgIpc) is 0.790. The molecule has 700 valence electrons.